The third-order valence-electron chi connectivity index (χ3n) is 6.27. The second kappa shape index (κ2) is 9.15. The molecule has 1 aliphatic heterocycles. The number of carbonyl (C=O) groups excluding carboxylic acids is 1. The first kappa shape index (κ1) is 24.7. The van der Waals surface area contributed by atoms with E-state index in [9.17, 15) is 19.8 Å². The number of nitrogens with zero attached hydrogens (tertiary/aromatic N) is 1. The molecule has 0 saturated carbocycles. The van der Waals surface area contributed by atoms with Crippen molar-refractivity contribution in [3.8, 4) is 11.1 Å². The number of carboxylic acids is 1. The Balaban J connectivity index is 1.90. The highest BCUT2D eigenvalue weighted by Crippen LogP contribution is 2.43. The number of benzene rings is 2. The molecular weight excluding hydrogens is 434 g/mol. The fourth-order valence-corrected chi connectivity index (χ4v) is 4.88. The number of aliphatic carboxylic acids is 1. The lowest BCUT2D eigenvalue weighted by molar-refractivity contribution is -0.148. The topological polar surface area (TPSA) is 87.1 Å². The molecule has 0 aromatic heterocycles. The zero-order chi connectivity index (χ0) is 24.4. The van der Waals surface area contributed by atoms with E-state index in [4.69, 9.17) is 4.74 Å². The maximum atomic E-state index is 12.9. The van der Waals surface area contributed by atoms with Gasteiger partial charge in [0.1, 0.15) is 11.1 Å². The SMILES string of the molecule is C=Cc1cccc(-c2cccc([C@@]3(O)CN(C(=O)OCC[Si](C)(C)C)[C@](C)(C(=O)O)C3)c2)c1. The van der Waals surface area contributed by atoms with Crippen molar-refractivity contribution in [2.45, 2.75) is 50.2 Å². The second-order valence-electron chi connectivity index (χ2n) is 10.2. The van der Waals surface area contributed by atoms with Gasteiger partial charge in [0.05, 0.1) is 13.2 Å². The summed E-state index contributed by atoms with van der Waals surface area (Å²) in [5.41, 5.74) is 0.287. The Hall–Kier alpha value is -2.90. The Labute approximate surface area is 196 Å². The molecular formula is C26H33NO5Si. The van der Waals surface area contributed by atoms with Crippen molar-refractivity contribution in [1.82, 2.24) is 4.90 Å². The van der Waals surface area contributed by atoms with Gasteiger partial charge in [0.2, 0.25) is 0 Å². The van der Waals surface area contributed by atoms with Gasteiger partial charge >= 0.3 is 12.1 Å². The number of amides is 1. The number of rotatable bonds is 7. The zero-order valence-electron chi connectivity index (χ0n) is 19.8. The Bertz CT molecular complexity index is 1060. The summed E-state index contributed by atoms with van der Waals surface area (Å²) in [4.78, 5) is 26.2. The molecule has 2 N–H and O–H groups in total. The van der Waals surface area contributed by atoms with Crippen LogP contribution in [0.15, 0.2) is 55.1 Å². The molecule has 33 heavy (non-hydrogen) atoms. The van der Waals surface area contributed by atoms with Crippen LogP contribution >= 0.6 is 0 Å². The smallest absolute Gasteiger partial charge is 0.410 e. The van der Waals surface area contributed by atoms with E-state index in [0.29, 0.717) is 5.56 Å². The summed E-state index contributed by atoms with van der Waals surface area (Å²) < 4.78 is 5.43. The number of carboxylic acid groups (broad SMARTS) is 1. The standard InChI is InChI=1S/C26H33NO5Si/c1-6-19-9-7-10-20(15-19)21-11-8-12-22(16-21)26(31)17-25(2,23(28)29)27(18-26)24(30)32-13-14-33(3,4)5/h6-12,15-16,31H,1,13-14,17-18H2,2-5H3,(H,28,29)/t25-,26-/m0/s1. The van der Waals surface area contributed by atoms with E-state index in [1.165, 1.54) is 6.92 Å². The first-order valence-corrected chi connectivity index (χ1v) is 14.8. The monoisotopic (exact) mass is 467 g/mol. The highest BCUT2D eigenvalue weighted by molar-refractivity contribution is 6.76. The molecule has 3 rings (SSSR count). The van der Waals surface area contributed by atoms with E-state index in [1.54, 1.807) is 12.1 Å². The molecule has 2 aromatic rings. The molecule has 0 radical (unpaired) electrons. The summed E-state index contributed by atoms with van der Waals surface area (Å²) in [6.07, 6.45) is 0.931. The van der Waals surface area contributed by atoms with E-state index < -0.39 is 31.3 Å². The molecule has 2 atom stereocenters. The molecule has 0 unspecified atom stereocenters. The third-order valence-corrected chi connectivity index (χ3v) is 7.97. The van der Waals surface area contributed by atoms with E-state index in [2.05, 4.69) is 26.2 Å². The van der Waals surface area contributed by atoms with Crippen LogP contribution in [0.3, 0.4) is 0 Å². The molecule has 2 aromatic carbocycles. The molecule has 0 aliphatic carbocycles. The van der Waals surface area contributed by atoms with E-state index in [1.807, 2.05) is 42.5 Å². The predicted molar refractivity (Wildman–Crippen MR) is 133 cm³/mol. The summed E-state index contributed by atoms with van der Waals surface area (Å²) in [6.45, 7) is 11.9. The lowest BCUT2D eigenvalue weighted by Gasteiger charge is -2.30. The van der Waals surface area contributed by atoms with Gasteiger partial charge in [0.25, 0.3) is 0 Å². The first-order chi connectivity index (χ1) is 15.4. The minimum absolute atomic E-state index is 0.130. The van der Waals surface area contributed by atoms with Crippen molar-refractivity contribution < 1.29 is 24.5 Å². The quantitative estimate of drug-likeness (QED) is 0.546. The number of hydrogen-bond acceptors (Lipinski definition) is 4. The molecule has 1 aliphatic rings. The highest BCUT2D eigenvalue weighted by Gasteiger charge is 2.57. The summed E-state index contributed by atoms with van der Waals surface area (Å²) >= 11 is 0. The molecule has 1 saturated heterocycles. The van der Waals surface area contributed by atoms with Gasteiger partial charge in [0, 0.05) is 14.5 Å². The van der Waals surface area contributed by atoms with Gasteiger partial charge in [-0.1, -0.05) is 68.7 Å². The van der Waals surface area contributed by atoms with Crippen molar-refractivity contribution in [3.05, 3.63) is 66.2 Å². The van der Waals surface area contributed by atoms with Crippen LogP contribution in [0.1, 0.15) is 24.5 Å². The van der Waals surface area contributed by atoms with Gasteiger partial charge in [-0.25, -0.2) is 9.59 Å². The van der Waals surface area contributed by atoms with Crippen LogP contribution in [-0.2, 0) is 15.1 Å². The average Bonchev–Trinajstić information content (AvgIpc) is 3.06. The minimum Gasteiger partial charge on any atom is -0.480 e. The normalized spacial score (nSPS) is 22.8. The lowest BCUT2D eigenvalue weighted by Crippen LogP contribution is -2.51. The van der Waals surface area contributed by atoms with Gasteiger partial charge in [-0.05, 0) is 47.4 Å². The van der Waals surface area contributed by atoms with Crippen LogP contribution in [0.2, 0.25) is 25.7 Å². The number of carbonyl (C=O) groups is 2. The highest BCUT2D eigenvalue weighted by atomic mass is 28.3. The maximum absolute atomic E-state index is 12.9. The number of hydrogen-bond donors (Lipinski definition) is 2. The second-order valence-corrected chi connectivity index (χ2v) is 15.8. The van der Waals surface area contributed by atoms with Gasteiger partial charge in [-0.3, -0.25) is 4.90 Å². The molecule has 176 valence electrons. The molecule has 1 heterocycles. The Morgan fingerprint density at radius 1 is 1.15 bits per heavy atom. The van der Waals surface area contributed by atoms with Crippen LogP contribution in [0.5, 0.6) is 0 Å². The van der Waals surface area contributed by atoms with Crippen molar-refractivity contribution in [1.29, 1.82) is 0 Å². The van der Waals surface area contributed by atoms with Crippen LogP contribution in [0.4, 0.5) is 4.79 Å². The summed E-state index contributed by atoms with van der Waals surface area (Å²) in [6, 6.07) is 16.0. The van der Waals surface area contributed by atoms with E-state index in [0.717, 1.165) is 27.6 Å². The number of likely N-dealkylation sites (tertiary alicyclic amines) is 1. The van der Waals surface area contributed by atoms with Crippen molar-refractivity contribution in [2.24, 2.45) is 0 Å². The minimum atomic E-state index is -1.58. The van der Waals surface area contributed by atoms with Gasteiger partial charge < -0.3 is 14.9 Å². The maximum Gasteiger partial charge on any atom is 0.410 e. The molecule has 0 bridgehead atoms. The Morgan fingerprint density at radius 3 is 2.39 bits per heavy atom. The number of aliphatic hydroxyl groups is 1. The lowest BCUT2D eigenvalue weighted by atomic mass is 9.85. The van der Waals surface area contributed by atoms with Crippen LogP contribution in [0.25, 0.3) is 17.2 Å². The summed E-state index contributed by atoms with van der Waals surface area (Å²) in [5, 5.41) is 21.5. The number of β-amino-alcohol motifs (C(OH)–C–C–N with tert-alkyl or cyclic N) is 1. The van der Waals surface area contributed by atoms with E-state index >= 15 is 0 Å². The van der Waals surface area contributed by atoms with Crippen LogP contribution in [-0.4, -0.2) is 53.9 Å². The molecule has 1 amide bonds. The Kier molecular flexibility index (Phi) is 6.86. The van der Waals surface area contributed by atoms with Crippen molar-refractivity contribution in [2.75, 3.05) is 13.2 Å². The van der Waals surface area contributed by atoms with E-state index in [-0.39, 0.29) is 19.6 Å². The van der Waals surface area contributed by atoms with Crippen molar-refractivity contribution in [3.63, 3.8) is 0 Å². The summed E-state index contributed by atoms with van der Waals surface area (Å²) in [7, 11) is -1.42. The predicted octanol–water partition coefficient (Wildman–Crippen LogP) is 5.21. The molecule has 0 spiro atoms. The van der Waals surface area contributed by atoms with Gasteiger partial charge in [-0.15, -0.1) is 0 Å². The van der Waals surface area contributed by atoms with Crippen molar-refractivity contribution >= 4 is 26.2 Å². The molecule has 1 fully saturated rings. The fourth-order valence-electron chi connectivity index (χ4n) is 4.16. The third kappa shape index (κ3) is 5.37. The first-order valence-electron chi connectivity index (χ1n) is 11.1. The zero-order valence-corrected chi connectivity index (χ0v) is 20.8. The number of ether oxygens (including phenoxy) is 1. The van der Waals surface area contributed by atoms with Gasteiger partial charge in [0.15, 0.2) is 0 Å². The van der Waals surface area contributed by atoms with Crippen LogP contribution < -0.4 is 0 Å². The van der Waals surface area contributed by atoms with Crippen LogP contribution in [0, 0.1) is 0 Å². The molecule has 6 nitrogen and oxygen atoms in total. The fraction of sp³-hybridized carbons (Fsp3) is 0.385. The summed E-state index contributed by atoms with van der Waals surface area (Å²) in [5.74, 6) is -1.17. The Morgan fingerprint density at radius 2 is 1.79 bits per heavy atom. The average molecular weight is 468 g/mol. The molecule has 7 heteroatoms. The largest absolute Gasteiger partial charge is 0.480 e. The van der Waals surface area contributed by atoms with Gasteiger partial charge in [-0.2, -0.15) is 0 Å².